The first-order valence-electron chi connectivity index (χ1n) is 8.66. The number of carbonyl (C=O) groups is 1. The van der Waals surface area contributed by atoms with Crippen LogP contribution in [0, 0.1) is 6.92 Å². The Labute approximate surface area is 156 Å². The second-order valence-corrected chi connectivity index (χ2v) is 6.52. The number of pyridine rings is 2. The predicted octanol–water partition coefficient (Wildman–Crippen LogP) is 3.19. The SMILES string of the molecule is Cc1ccc(C(NC(=O)c2cnc3c(c2)ncn3C)c2ccncc2)cc1. The maximum Gasteiger partial charge on any atom is 0.253 e. The van der Waals surface area contributed by atoms with E-state index in [0.29, 0.717) is 11.1 Å². The molecule has 3 heterocycles. The van der Waals surface area contributed by atoms with Gasteiger partial charge in [-0.1, -0.05) is 29.8 Å². The van der Waals surface area contributed by atoms with Gasteiger partial charge in [0, 0.05) is 25.6 Å². The van der Waals surface area contributed by atoms with Crippen LogP contribution in [0.25, 0.3) is 11.2 Å². The minimum Gasteiger partial charge on any atom is -0.341 e. The van der Waals surface area contributed by atoms with Gasteiger partial charge in [0.25, 0.3) is 5.91 Å². The van der Waals surface area contributed by atoms with Gasteiger partial charge in [-0.3, -0.25) is 9.78 Å². The monoisotopic (exact) mass is 357 g/mol. The van der Waals surface area contributed by atoms with Gasteiger partial charge in [-0.2, -0.15) is 0 Å². The maximum atomic E-state index is 12.9. The van der Waals surface area contributed by atoms with Crippen LogP contribution in [0.15, 0.2) is 67.4 Å². The Morgan fingerprint density at radius 1 is 1.04 bits per heavy atom. The van der Waals surface area contributed by atoms with Gasteiger partial charge in [-0.15, -0.1) is 0 Å². The number of benzene rings is 1. The third-order valence-electron chi connectivity index (χ3n) is 4.54. The van der Waals surface area contributed by atoms with Crippen LogP contribution in [-0.4, -0.2) is 25.4 Å². The topological polar surface area (TPSA) is 72.7 Å². The summed E-state index contributed by atoms with van der Waals surface area (Å²) in [5.41, 5.74) is 5.06. The van der Waals surface area contributed by atoms with Crippen molar-refractivity contribution in [3.05, 3.63) is 89.6 Å². The zero-order valence-electron chi connectivity index (χ0n) is 15.1. The molecule has 0 fully saturated rings. The fourth-order valence-electron chi connectivity index (χ4n) is 3.03. The molecule has 134 valence electrons. The third-order valence-corrected chi connectivity index (χ3v) is 4.54. The second kappa shape index (κ2) is 6.99. The van der Waals surface area contributed by atoms with Crippen molar-refractivity contribution < 1.29 is 4.79 Å². The number of aryl methyl sites for hydroxylation is 2. The average Bonchev–Trinajstić information content (AvgIpc) is 3.08. The van der Waals surface area contributed by atoms with E-state index in [1.807, 2.05) is 54.9 Å². The fraction of sp³-hybridized carbons (Fsp3) is 0.143. The van der Waals surface area contributed by atoms with Crippen molar-refractivity contribution in [1.29, 1.82) is 0 Å². The Morgan fingerprint density at radius 2 is 1.74 bits per heavy atom. The zero-order chi connectivity index (χ0) is 18.8. The number of amides is 1. The molecular formula is C21H19N5O. The summed E-state index contributed by atoms with van der Waals surface area (Å²) in [6.07, 6.45) is 6.72. The standard InChI is InChI=1S/C21H19N5O/c1-14-3-5-15(6-4-14)19(16-7-9-22-10-8-16)25-21(27)17-11-18-20(23-12-17)26(2)13-24-18/h3-13,19H,1-2H3,(H,25,27). The summed E-state index contributed by atoms with van der Waals surface area (Å²) in [5, 5.41) is 3.12. The molecular weight excluding hydrogens is 338 g/mol. The Kier molecular flexibility index (Phi) is 4.38. The minimum absolute atomic E-state index is 0.197. The molecule has 27 heavy (non-hydrogen) atoms. The number of rotatable bonds is 4. The normalized spacial score (nSPS) is 12.1. The molecule has 0 aliphatic heterocycles. The van der Waals surface area contributed by atoms with Crippen molar-refractivity contribution in [3.63, 3.8) is 0 Å². The molecule has 0 saturated carbocycles. The second-order valence-electron chi connectivity index (χ2n) is 6.52. The lowest BCUT2D eigenvalue weighted by Gasteiger charge is -2.20. The maximum absolute atomic E-state index is 12.9. The molecule has 1 atom stereocenters. The molecule has 0 aliphatic carbocycles. The van der Waals surface area contributed by atoms with E-state index >= 15 is 0 Å². The molecule has 3 aromatic heterocycles. The molecule has 6 heteroatoms. The number of nitrogens with zero attached hydrogens (tertiary/aromatic N) is 4. The molecule has 0 radical (unpaired) electrons. The molecule has 4 aromatic rings. The van der Waals surface area contributed by atoms with Gasteiger partial charge in [0.2, 0.25) is 0 Å². The predicted molar refractivity (Wildman–Crippen MR) is 103 cm³/mol. The molecule has 0 aliphatic rings. The Bertz CT molecular complexity index is 1090. The van der Waals surface area contributed by atoms with Gasteiger partial charge >= 0.3 is 0 Å². The number of nitrogens with one attached hydrogen (secondary N) is 1. The minimum atomic E-state index is -0.277. The summed E-state index contributed by atoms with van der Waals surface area (Å²) in [6, 6.07) is 13.4. The van der Waals surface area contributed by atoms with Crippen LogP contribution in [0.1, 0.15) is 33.1 Å². The number of carbonyl (C=O) groups excluding carboxylic acids is 1. The summed E-state index contributed by atoms with van der Waals surface area (Å²) in [6.45, 7) is 2.04. The first-order valence-corrected chi connectivity index (χ1v) is 8.66. The van der Waals surface area contributed by atoms with E-state index in [-0.39, 0.29) is 11.9 Å². The first-order chi connectivity index (χ1) is 13.1. The van der Waals surface area contributed by atoms with Gasteiger partial charge in [0.1, 0.15) is 5.52 Å². The molecule has 0 spiro atoms. The number of aromatic nitrogens is 4. The van der Waals surface area contributed by atoms with E-state index in [2.05, 4.69) is 20.3 Å². The highest BCUT2D eigenvalue weighted by atomic mass is 16.1. The summed E-state index contributed by atoms with van der Waals surface area (Å²) in [7, 11) is 1.87. The van der Waals surface area contributed by atoms with Gasteiger partial charge in [-0.05, 0) is 36.2 Å². The smallest absolute Gasteiger partial charge is 0.253 e. The summed E-state index contributed by atoms with van der Waals surface area (Å²) in [5.74, 6) is -0.197. The largest absolute Gasteiger partial charge is 0.341 e. The van der Waals surface area contributed by atoms with Crippen LogP contribution in [0.4, 0.5) is 0 Å². The molecule has 1 N–H and O–H groups in total. The first kappa shape index (κ1) is 16.9. The fourth-order valence-corrected chi connectivity index (χ4v) is 3.03. The summed E-state index contributed by atoms with van der Waals surface area (Å²) >= 11 is 0. The lowest BCUT2D eigenvalue weighted by molar-refractivity contribution is 0.0942. The van der Waals surface area contributed by atoms with Crippen molar-refractivity contribution >= 4 is 17.1 Å². The van der Waals surface area contributed by atoms with Crippen LogP contribution in [0.5, 0.6) is 0 Å². The number of imidazole rings is 1. The molecule has 0 bridgehead atoms. The van der Waals surface area contributed by atoms with Crippen LogP contribution >= 0.6 is 0 Å². The quantitative estimate of drug-likeness (QED) is 0.609. The van der Waals surface area contributed by atoms with Crippen molar-refractivity contribution in [2.24, 2.45) is 7.05 Å². The highest BCUT2D eigenvalue weighted by molar-refractivity contribution is 5.96. The molecule has 4 rings (SSSR count). The Hall–Kier alpha value is -3.54. The molecule has 6 nitrogen and oxygen atoms in total. The van der Waals surface area contributed by atoms with Gasteiger partial charge in [0.05, 0.1) is 17.9 Å². The van der Waals surface area contributed by atoms with Crippen molar-refractivity contribution in [1.82, 2.24) is 24.8 Å². The van der Waals surface area contributed by atoms with Gasteiger partial charge in [-0.25, -0.2) is 9.97 Å². The van der Waals surface area contributed by atoms with E-state index in [0.717, 1.165) is 16.8 Å². The number of hydrogen-bond acceptors (Lipinski definition) is 4. The highest BCUT2D eigenvalue weighted by Gasteiger charge is 2.19. The molecule has 0 saturated heterocycles. The number of hydrogen-bond donors (Lipinski definition) is 1. The van der Waals surface area contributed by atoms with E-state index in [1.54, 1.807) is 31.0 Å². The third kappa shape index (κ3) is 3.42. The van der Waals surface area contributed by atoms with Crippen molar-refractivity contribution in [2.75, 3.05) is 0 Å². The Morgan fingerprint density at radius 3 is 2.48 bits per heavy atom. The van der Waals surface area contributed by atoms with Crippen LogP contribution in [-0.2, 0) is 7.05 Å². The Balaban J connectivity index is 1.67. The van der Waals surface area contributed by atoms with E-state index in [9.17, 15) is 4.79 Å². The summed E-state index contributed by atoms with van der Waals surface area (Å²) in [4.78, 5) is 25.6. The highest BCUT2D eigenvalue weighted by Crippen LogP contribution is 2.23. The van der Waals surface area contributed by atoms with E-state index < -0.39 is 0 Å². The van der Waals surface area contributed by atoms with Gasteiger partial charge < -0.3 is 9.88 Å². The molecule has 1 amide bonds. The van der Waals surface area contributed by atoms with Crippen LogP contribution < -0.4 is 5.32 Å². The zero-order valence-corrected chi connectivity index (χ0v) is 15.1. The molecule has 1 unspecified atom stereocenters. The summed E-state index contributed by atoms with van der Waals surface area (Å²) < 4.78 is 1.82. The lowest BCUT2D eigenvalue weighted by atomic mass is 9.98. The number of fused-ring (bicyclic) bond motifs is 1. The average molecular weight is 357 g/mol. The lowest BCUT2D eigenvalue weighted by Crippen LogP contribution is -2.29. The van der Waals surface area contributed by atoms with Crippen LogP contribution in [0.2, 0.25) is 0 Å². The van der Waals surface area contributed by atoms with E-state index in [1.165, 1.54) is 5.56 Å². The molecule has 1 aromatic carbocycles. The van der Waals surface area contributed by atoms with E-state index in [4.69, 9.17) is 0 Å². The van der Waals surface area contributed by atoms with Crippen LogP contribution in [0.3, 0.4) is 0 Å². The van der Waals surface area contributed by atoms with Crippen molar-refractivity contribution in [2.45, 2.75) is 13.0 Å². The van der Waals surface area contributed by atoms with Crippen molar-refractivity contribution in [3.8, 4) is 0 Å². The van der Waals surface area contributed by atoms with Gasteiger partial charge in [0.15, 0.2) is 5.65 Å².